The first-order valence-electron chi connectivity index (χ1n) is 8.71. The van der Waals surface area contributed by atoms with E-state index in [0.717, 1.165) is 44.0 Å². The lowest BCUT2D eigenvalue weighted by Gasteiger charge is -2.38. The predicted molar refractivity (Wildman–Crippen MR) is 95.6 cm³/mol. The number of amides is 1. The predicted octanol–water partition coefficient (Wildman–Crippen LogP) is 3.21. The highest BCUT2D eigenvalue weighted by atomic mass is 35.5. The smallest absolute Gasteiger partial charge is 0.226 e. The number of carbonyl (C=O) groups excluding carboxylic acids is 1. The van der Waals surface area contributed by atoms with Crippen molar-refractivity contribution in [3.8, 4) is 5.75 Å². The molecule has 4 nitrogen and oxygen atoms in total. The molecule has 128 valence electrons. The number of methoxy groups -OCH3 is 1. The van der Waals surface area contributed by atoms with Gasteiger partial charge in [0.15, 0.2) is 0 Å². The normalized spacial score (nSPS) is 28.5. The van der Waals surface area contributed by atoms with Crippen molar-refractivity contribution in [1.82, 2.24) is 4.90 Å². The minimum Gasteiger partial charge on any atom is -0.495 e. The monoisotopic (exact) mass is 346 g/mol. The second-order valence-electron chi connectivity index (χ2n) is 7.02. The maximum Gasteiger partial charge on any atom is 0.226 e. The molecule has 3 unspecified atom stereocenters. The molecule has 1 aliphatic heterocycles. The fraction of sp³-hybridized carbons (Fsp3) is 0.526. The third kappa shape index (κ3) is 2.77. The van der Waals surface area contributed by atoms with Crippen LogP contribution in [0.25, 0.3) is 0 Å². The number of ether oxygens (including phenoxy) is 1. The van der Waals surface area contributed by atoms with E-state index in [-0.39, 0.29) is 5.92 Å². The van der Waals surface area contributed by atoms with Crippen molar-refractivity contribution in [2.24, 2.45) is 17.8 Å². The lowest BCUT2D eigenvalue weighted by Crippen LogP contribution is -2.51. The molecule has 3 atom stereocenters. The number of carbonyl (C=O) groups is 1. The van der Waals surface area contributed by atoms with E-state index in [2.05, 4.69) is 17.1 Å². The van der Waals surface area contributed by atoms with Crippen molar-refractivity contribution in [2.75, 3.05) is 38.2 Å². The van der Waals surface area contributed by atoms with Crippen molar-refractivity contribution < 1.29 is 9.53 Å². The van der Waals surface area contributed by atoms with E-state index in [1.165, 1.54) is 6.42 Å². The Hall–Kier alpha value is -1.68. The summed E-state index contributed by atoms with van der Waals surface area (Å²) in [5.74, 6) is 2.52. The number of nitrogens with zero attached hydrogens (tertiary/aromatic N) is 2. The van der Waals surface area contributed by atoms with Crippen LogP contribution in [0.1, 0.15) is 12.8 Å². The van der Waals surface area contributed by atoms with Gasteiger partial charge in [-0.3, -0.25) is 4.79 Å². The zero-order chi connectivity index (χ0) is 16.7. The molecule has 0 aromatic heterocycles. The Kier molecular flexibility index (Phi) is 4.17. The molecule has 1 saturated heterocycles. The number of rotatable bonds is 3. The molecule has 3 aliphatic rings. The molecule has 1 aromatic rings. The number of halogens is 1. The summed E-state index contributed by atoms with van der Waals surface area (Å²) in [6, 6.07) is 5.68. The molecule has 0 spiro atoms. The molecule has 2 fully saturated rings. The van der Waals surface area contributed by atoms with Crippen molar-refractivity contribution in [2.45, 2.75) is 12.8 Å². The molecular formula is C19H23ClN2O2. The Morgan fingerprint density at radius 2 is 1.96 bits per heavy atom. The quantitative estimate of drug-likeness (QED) is 0.788. The van der Waals surface area contributed by atoms with E-state index in [4.69, 9.17) is 16.3 Å². The van der Waals surface area contributed by atoms with Crippen molar-refractivity contribution in [3.63, 3.8) is 0 Å². The van der Waals surface area contributed by atoms with Gasteiger partial charge in [-0.2, -0.15) is 0 Å². The molecule has 5 heteroatoms. The highest BCUT2D eigenvalue weighted by Gasteiger charge is 2.41. The van der Waals surface area contributed by atoms with E-state index in [0.29, 0.717) is 22.8 Å². The molecule has 24 heavy (non-hydrogen) atoms. The third-order valence-corrected chi connectivity index (χ3v) is 5.90. The number of fused-ring (bicyclic) bond motifs is 2. The standard InChI is InChI=1S/C19H23ClN2O2/c1-24-18-5-4-15(20)12-17(18)21-6-8-22(9-7-21)19(23)16-11-13-2-3-14(16)10-13/h2-5,12-14,16H,6-11H2,1H3. The summed E-state index contributed by atoms with van der Waals surface area (Å²) >= 11 is 6.14. The topological polar surface area (TPSA) is 32.8 Å². The maximum absolute atomic E-state index is 12.8. The fourth-order valence-corrected chi connectivity index (χ4v) is 4.54. The number of piperazine rings is 1. The summed E-state index contributed by atoms with van der Waals surface area (Å²) in [6.07, 6.45) is 6.76. The van der Waals surface area contributed by atoms with Gasteiger partial charge >= 0.3 is 0 Å². The van der Waals surface area contributed by atoms with E-state index < -0.39 is 0 Å². The van der Waals surface area contributed by atoms with Gasteiger partial charge in [0, 0.05) is 37.1 Å². The molecule has 0 radical (unpaired) electrons. The van der Waals surface area contributed by atoms with Gasteiger partial charge in [-0.05, 0) is 42.9 Å². The van der Waals surface area contributed by atoms with Crippen LogP contribution in [0.5, 0.6) is 5.75 Å². The molecule has 2 aliphatic carbocycles. The third-order valence-electron chi connectivity index (χ3n) is 5.67. The Morgan fingerprint density at radius 3 is 2.58 bits per heavy atom. The molecule has 1 amide bonds. The van der Waals surface area contributed by atoms with Crippen LogP contribution in [0, 0.1) is 17.8 Å². The van der Waals surface area contributed by atoms with Gasteiger partial charge in [0.25, 0.3) is 0 Å². The van der Waals surface area contributed by atoms with Gasteiger partial charge in [0.1, 0.15) is 5.75 Å². The molecular weight excluding hydrogens is 324 g/mol. The average molecular weight is 347 g/mol. The maximum atomic E-state index is 12.8. The van der Waals surface area contributed by atoms with Crippen LogP contribution in [0.15, 0.2) is 30.4 Å². The zero-order valence-corrected chi connectivity index (χ0v) is 14.7. The summed E-state index contributed by atoms with van der Waals surface area (Å²) in [5, 5.41) is 0.707. The average Bonchev–Trinajstić information content (AvgIpc) is 3.24. The van der Waals surface area contributed by atoms with Gasteiger partial charge in [-0.1, -0.05) is 23.8 Å². The van der Waals surface area contributed by atoms with Gasteiger partial charge in [-0.15, -0.1) is 0 Å². The van der Waals surface area contributed by atoms with Crippen molar-refractivity contribution in [1.29, 1.82) is 0 Å². The lowest BCUT2D eigenvalue weighted by atomic mass is 9.92. The van der Waals surface area contributed by atoms with Gasteiger partial charge in [-0.25, -0.2) is 0 Å². The Balaban J connectivity index is 1.41. The van der Waals surface area contributed by atoms with Crippen LogP contribution in [-0.4, -0.2) is 44.1 Å². The molecule has 0 N–H and O–H groups in total. The molecule has 1 heterocycles. The Morgan fingerprint density at radius 1 is 1.17 bits per heavy atom. The Bertz CT molecular complexity index is 667. The van der Waals surface area contributed by atoms with Gasteiger partial charge in [0.2, 0.25) is 5.91 Å². The first-order chi connectivity index (χ1) is 11.7. The largest absolute Gasteiger partial charge is 0.495 e. The Labute approximate surface area is 148 Å². The summed E-state index contributed by atoms with van der Waals surface area (Å²) in [5.41, 5.74) is 1.01. The van der Waals surface area contributed by atoms with E-state index >= 15 is 0 Å². The van der Waals surface area contributed by atoms with Crippen molar-refractivity contribution >= 4 is 23.2 Å². The number of allylic oxidation sites excluding steroid dienone is 2. The second kappa shape index (κ2) is 6.32. The van der Waals surface area contributed by atoms with Gasteiger partial charge < -0.3 is 14.5 Å². The molecule has 4 rings (SSSR count). The van der Waals surface area contributed by atoms with Crippen LogP contribution in [-0.2, 0) is 4.79 Å². The molecule has 1 aromatic carbocycles. The van der Waals surface area contributed by atoms with Gasteiger partial charge in [0.05, 0.1) is 12.8 Å². The van der Waals surface area contributed by atoms with E-state index in [9.17, 15) is 4.79 Å². The van der Waals surface area contributed by atoms with E-state index in [1.807, 2.05) is 23.1 Å². The van der Waals surface area contributed by atoms with Crippen LogP contribution < -0.4 is 9.64 Å². The number of hydrogen-bond donors (Lipinski definition) is 0. The highest BCUT2D eigenvalue weighted by Crippen LogP contribution is 2.44. The summed E-state index contributed by atoms with van der Waals surface area (Å²) in [7, 11) is 1.68. The first kappa shape index (κ1) is 15.8. The summed E-state index contributed by atoms with van der Waals surface area (Å²) in [6.45, 7) is 3.18. The fourth-order valence-electron chi connectivity index (χ4n) is 4.38. The molecule has 1 saturated carbocycles. The lowest BCUT2D eigenvalue weighted by molar-refractivity contribution is -0.136. The SMILES string of the molecule is COc1ccc(Cl)cc1N1CCN(C(=O)C2CC3C=CC2C3)CC1. The van der Waals surface area contributed by atoms with Crippen LogP contribution in [0.4, 0.5) is 5.69 Å². The summed E-state index contributed by atoms with van der Waals surface area (Å²) in [4.78, 5) is 17.1. The summed E-state index contributed by atoms with van der Waals surface area (Å²) < 4.78 is 5.45. The number of anilines is 1. The minimum absolute atomic E-state index is 0.215. The second-order valence-corrected chi connectivity index (χ2v) is 7.45. The highest BCUT2D eigenvalue weighted by molar-refractivity contribution is 6.30. The minimum atomic E-state index is 0.215. The van der Waals surface area contributed by atoms with E-state index in [1.54, 1.807) is 7.11 Å². The first-order valence-corrected chi connectivity index (χ1v) is 9.09. The van der Waals surface area contributed by atoms with Crippen molar-refractivity contribution in [3.05, 3.63) is 35.4 Å². The van der Waals surface area contributed by atoms with Crippen LogP contribution in [0.3, 0.4) is 0 Å². The number of hydrogen-bond acceptors (Lipinski definition) is 3. The van der Waals surface area contributed by atoms with Crippen LogP contribution >= 0.6 is 11.6 Å². The molecule has 2 bridgehead atoms. The zero-order valence-electron chi connectivity index (χ0n) is 14.0. The number of benzene rings is 1. The van der Waals surface area contributed by atoms with Crippen LogP contribution in [0.2, 0.25) is 5.02 Å².